The largest absolute Gasteiger partial charge is 0.493 e. The van der Waals surface area contributed by atoms with E-state index in [1.165, 1.54) is 0 Å². The van der Waals surface area contributed by atoms with Gasteiger partial charge in [0.1, 0.15) is 0 Å². The maximum absolute atomic E-state index is 11.6. The van der Waals surface area contributed by atoms with Crippen molar-refractivity contribution in [2.24, 2.45) is 0 Å². The lowest BCUT2D eigenvalue weighted by atomic mass is 10.1. The molecule has 0 saturated carbocycles. The highest BCUT2D eigenvalue weighted by Gasteiger charge is 2.27. The second-order valence-electron chi connectivity index (χ2n) is 4.58. The van der Waals surface area contributed by atoms with Crippen molar-refractivity contribution in [3.63, 3.8) is 0 Å². The molecule has 1 unspecified atom stereocenters. The Morgan fingerprint density at radius 2 is 2.05 bits per heavy atom. The summed E-state index contributed by atoms with van der Waals surface area (Å²) in [6.45, 7) is 1.34. The Morgan fingerprint density at radius 1 is 1.32 bits per heavy atom. The average molecular weight is 284 g/mol. The lowest BCUT2D eigenvalue weighted by molar-refractivity contribution is -0.127. The van der Waals surface area contributed by atoms with Crippen LogP contribution in [0.15, 0.2) is 18.2 Å². The first kappa shape index (κ1) is 14.0. The minimum atomic E-state index is -0.0436. The number of carbonyl (C=O) groups excluding carboxylic acids is 1. The van der Waals surface area contributed by atoms with Gasteiger partial charge in [0.15, 0.2) is 11.5 Å². The topological polar surface area (TPSA) is 38.8 Å². The van der Waals surface area contributed by atoms with E-state index in [0.717, 1.165) is 12.0 Å². The third-order valence-electron chi connectivity index (χ3n) is 3.29. The molecule has 5 heteroatoms. The van der Waals surface area contributed by atoms with Crippen molar-refractivity contribution >= 4 is 17.5 Å². The molecule has 1 aliphatic heterocycles. The van der Waals surface area contributed by atoms with E-state index in [4.69, 9.17) is 21.1 Å². The molecule has 1 aliphatic rings. The lowest BCUT2D eigenvalue weighted by Gasteiger charge is -2.16. The fraction of sp³-hybridized carbons (Fsp3) is 0.500. The number of nitrogens with zero attached hydrogens (tertiary/aromatic N) is 1. The summed E-state index contributed by atoms with van der Waals surface area (Å²) in [6, 6.07) is 5.81. The molecule has 4 nitrogen and oxygen atoms in total. The summed E-state index contributed by atoms with van der Waals surface area (Å²) in [4.78, 5) is 13.4. The Balaban J connectivity index is 1.98. The number of hydrogen-bond acceptors (Lipinski definition) is 3. The number of hydrogen-bond donors (Lipinski definition) is 0. The van der Waals surface area contributed by atoms with E-state index in [1.807, 2.05) is 23.1 Å². The number of methoxy groups -OCH3 is 2. The molecule has 0 spiro atoms. The third kappa shape index (κ3) is 3.32. The molecule has 2 rings (SSSR count). The van der Waals surface area contributed by atoms with Crippen molar-refractivity contribution in [2.45, 2.75) is 18.2 Å². The first-order chi connectivity index (χ1) is 9.13. The SMILES string of the molecule is COc1ccc(CCN2CC(Cl)CC2=O)cc1OC. The standard InChI is InChI=1S/C14H18ClNO3/c1-18-12-4-3-10(7-13(12)19-2)5-6-16-9-11(15)8-14(16)17/h3-4,7,11H,5-6,8-9H2,1-2H3. The van der Waals surface area contributed by atoms with Crippen molar-refractivity contribution in [1.82, 2.24) is 4.90 Å². The highest BCUT2D eigenvalue weighted by Crippen LogP contribution is 2.28. The Morgan fingerprint density at radius 3 is 2.63 bits per heavy atom. The Kier molecular flexibility index (Phi) is 4.53. The Bertz CT molecular complexity index is 464. The van der Waals surface area contributed by atoms with Gasteiger partial charge in [-0.1, -0.05) is 6.07 Å². The van der Waals surface area contributed by atoms with E-state index >= 15 is 0 Å². The molecule has 1 atom stereocenters. The van der Waals surface area contributed by atoms with Gasteiger partial charge in [-0.25, -0.2) is 0 Å². The number of rotatable bonds is 5. The van der Waals surface area contributed by atoms with Crippen molar-refractivity contribution in [1.29, 1.82) is 0 Å². The van der Waals surface area contributed by atoms with Gasteiger partial charge in [-0.2, -0.15) is 0 Å². The van der Waals surface area contributed by atoms with Gasteiger partial charge < -0.3 is 14.4 Å². The molecule has 0 radical (unpaired) electrons. The zero-order chi connectivity index (χ0) is 13.8. The maximum Gasteiger partial charge on any atom is 0.224 e. The molecule has 1 aromatic carbocycles. The quantitative estimate of drug-likeness (QED) is 0.777. The van der Waals surface area contributed by atoms with Crippen LogP contribution in [0.4, 0.5) is 0 Å². The molecule has 104 valence electrons. The summed E-state index contributed by atoms with van der Waals surface area (Å²) in [7, 11) is 3.23. The first-order valence-corrected chi connectivity index (χ1v) is 6.70. The van der Waals surface area contributed by atoms with Gasteiger partial charge in [0.05, 0.1) is 19.6 Å². The predicted octanol–water partition coefficient (Wildman–Crippen LogP) is 2.09. The lowest BCUT2D eigenvalue weighted by Crippen LogP contribution is -2.27. The van der Waals surface area contributed by atoms with Crippen LogP contribution in [0.25, 0.3) is 0 Å². The van der Waals surface area contributed by atoms with E-state index in [9.17, 15) is 4.79 Å². The molecule has 0 aromatic heterocycles. The van der Waals surface area contributed by atoms with Crippen molar-refractivity contribution in [3.05, 3.63) is 23.8 Å². The zero-order valence-corrected chi connectivity index (χ0v) is 11.9. The van der Waals surface area contributed by atoms with Crippen LogP contribution < -0.4 is 9.47 Å². The third-order valence-corrected chi connectivity index (χ3v) is 3.58. The zero-order valence-electron chi connectivity index (χ0n) is 11.2. The molecule has 1 amide bonds. The molecule has 1 saturated heterocycles. The van der Waals surface area contributed by atoms with E-state index in [0.29, 0.717) is 31.0 Å². The number of benzene rings is 1. The van der Waals surface area contributed by atoms with Gasteiger partial charge in [0.2, 0.25) is 5.91 Å². The monoisotopic (exact) mass is 283 g/mol. The predicted molar refractivity (Wildman–Crippen MR) is 74.1 cm³/mol. The highest BCUT2D eigenvalue weighted by molar-refractivity contribution is 6.22. The summed E-state index contributed by atoms with van der Waals surface area (Å²) in [5.74, 6) is 1.56. The molecule has 0 aliphatic carbocycles. The van der Waals surface area contributed by atoms with E-state index in [-0.39, 0.29) is 11.3 Å². The fourth-order valence-electron chi connectivity index (χ4n) is 2.24. The van der Waals surface area contributed by atoms with Gasteiger partial charge in [0.25, 0.3) is 0 Å². The van der Waals surface area contributed by atoms with Crippen molar-refractivity contribution in [2.75, 3.05) is 27.3 Å². The van der Waals surface area contributed by atoms with Crippen LogP contribution in [-0.2, 0) is 11.2 Å². The van der Waals surface area contributed by atoms with Gasteiger partial charge >= 0.3 is 0 Å². The van der Waals surface area contributed by atoms with Crippen LogP contribution in [-0.4, -0.2) is 43.5 Å². The molecule has 0 N–H and O–H groups in total. The van der Waals surface area contributed by atoms with Gasteiger partial charge in [-0.15, -0.1) is 11.6 Å². The summed E-state index contributed by atoms with van der Waals surface area (Å²) in [5.41, 5.74) is 1.11. The van der Waals surface area contributed by atoms with Crippen molar-refractivity contribution in [3.8, 4) is 11.5 Å². The minimum Gasteiger partial charge on any atom is -0.493 e. The summed E-state index contributed by atoms with van der Waals surface area (Å²) in [5, 5.41) is -0.0436. The Labute approximate surface area is 118 Å². The average Bonchev–Trinajstić information content (AvgIpc) is 2.74. The Hall–Kier alpha value is -1.42. The highest BCUT2D eigenvalue weighted by atomic mass is 35.5. The minimum absolute atomic E-state index is 0.0436. The normalized spacial score (nSPS) is 18.8. The van der Waals surface area contributed by atoms with Crippen molar-refractivity contribution < 1.29 is 14.3 Å². The number of amides is 1. The molecule has 1 aromatic rings. The van der Waals surface area contributed by atoms with E-state index < -0.39 is 0 Å². The number of alkyl halides is 1. The van der Waals surface area contributed by atoms with Crippen LogP contribution >= 0.6 is 11.6 Å². The number of halogens is 1. The van der Waals surface area contributed by atoms with Gasteiger partial charge in [0, 0.05) is 19.5 Å². The molecule has 1 heterocycles. The smallest absolute Gasteiger partial charge is 0.224 e. The fourth-order valence-corrected chi connectivity index (χ4v) is 2.54. The molecule has 19 heavy (non-hydrogen) atoms. The van der Waals surface area contributed by atoms with Crippen LogP contribution in [0.3, 0.4) is 0 Å². The number of likely N-dealkylation sites (tertiary alicyclic amines) is 1. The van der Waals surface area contributed by atoms with E-state index in [2.05, 4.69) is 0 Å². The van der Waals surface area contributed by atoms with Gasteiger partial charge in [-0.3, -0.25) is 4.79 Å². The summed E-state index contributed by atoms with van der Waals surface area (Å²) >= 11 is 5.97. The number of carbonyl (C=O) groups is 1. The molecule has 1 fully saturated rings. The van der Waals surface area contributed by atoms with Gasteiger partial charge in [-0.05, 0) is 24.1 Å². The maximum atomic E-state index is 11.6. The summed E-state index contributed by atoms with van der Waals surface area (Å²) in [6.07, 6.45) is 1.24. The van der Waals surface area contributed by atoms with Crippen LogP contribution in [0.5, 0.6) is 11.5 Å². The molecular formula is C14H18ClNO3. The number of ether oxygens (including phenoxy) is 2. The molecule has 0 bridgehead atoms. The van der Waals surface area contributed by atoms with E-state index in [1.54, 1.807) is 14.2 Å². The molecular weight excluding hydrogens is 266 g/mol. The van der Waals surface area contributed by atoms with Crippen LogP contribution in [0.1, 0.15) is 12.0 Å². The second kappa shape index (κ2) is 6.15. The van der Waals surface area contributed by atoms with Crippen LogP contribution in [0, 0.1) is 0 Å². The van der Waals surface area contributed by atoms with Crippen LogP contribution in [0.2, 0.25) is 0 Å². The summed E-state index contributed by atoms with van der Waals surface area (Å²) < 4.78 is 10.5. The first-order valence-electron chi connectivity index (χ1n) is 6.26. The second-order valence-corrected chi connectivity index (χ2v) is 5.20.